The normalized spacial score (nSPS) is 11.6. The van der Waals surface area contributed by atoms with Crippen molar-refractivity contribution in [3.8, 4) is 0 Å². The van der Waals surface area contributed by atoms with Crippen molar-refractivity contribution in [2.24, 2.45) is 0 Å². The van der Waals surface area contributed by atoms with Crippen LogP contribution >= 0.6 is 11.6 Å². The van der Waals surface area contributed by atoms with Gasteiger partial charge in [0.1, 0.15) is 6.04 Å². The second-order valence-corrected chi connectivity index (χ2v) is 3.94. The van der Waals surface area contributed by atoms with E-state index in [1.807, 2.05) is 0 Å². The van der Waals surface area contributed by atoms with Gasteiger partial charge in [-0.3, -0.25) is 9.59 Å². The van der Waals surface area contributed by atoms with Gasteiger partial charge < -0.3 is 15.1 Å². The van der Waals surface area contributed by atoms with Crippen molar-refractivity contribution in [1.82, 2.24) is 10.6 Å². The molecule has 1 aromatic rings. The Balaban J connectivity index is 2.43. The standard InChI is InChI=1S/C11H13ClN2O3/c1-7(12)6-13-10(15)8(2)14-11(16)9-4-3-5-17-9/h3-5,8H,1,6H2,2H3,(H,13,15)(H,14,16). The maximum absolute atomic E-state index is 11.5. The van der Waals surface area contributed by atoms with Crippen molar-refractivity contribution in [1.29, 1.82) is 0 Å². The molecule has 0 aliphatic carbocycles. The molecule has 1 unspecified atom stereocenters. The Bertz CT molecular complexity index is 414. The summed E-state index contributed by atoms with van der Waals surface area (Å²) in [5.74, 6) is -0.625. The molecule has 5 nitrogen and oxygen atoms in total. The van der Waals surface area contributed by atoms with Crippen LogP contribution in [0.4, 0.5) is 0 Å². The van der Waals surface area contributed by atoms with Crippen LogP contribution in [0.5, 0.6) is 0 Å². The van der Waals surface area contributed by atoms with Gasteiger partial charge in [-0.25, -0.2) is 0 Å². The summed E-state index contributed by atoms with van der Waals surface area (Å²) in [6.07, 6.45) is 1.39. The molecule has 2 amide bonds. The van der Waals surface area contributed by atoms with E-state index in [1.165, 1.54) is 12.3 Å². The summed E-state index contributed by atoms with van der Waals surface area (Å²) in [6.45, 7) is 5.17. The Labute approximate surface area is 104 Å². The minimum atomic E-state index is -0.677. The van der Waals surface area contributed by atoms with Gasteiger partial charge in [0.2, 0.25) is 5.91 Å². The summed E-state index contributed by atoms with van der Waals surface area (Å²) in [4.78, 5) is 23.0. The fourth-order valence-electron chi connectivity index (χ4n) is 1.08. The molecule has 0 aromatic carbocycles. The van der Waals surface area contributed by atoms with E-state index in [9.17, 15) is 9.59 Å². The predicted molar refractivity (Wildman–Crippen MR) is 63.6 cm³/mol. The smallest absolute Gasteiger partial charge is 0.287 e. The van der Waals surface area contributed by atoms with E-state index in [0.29, 0.717) is 5.03 Å². The topological polar surface area (TPSA) is 71.3 Å². The molecule has 0 aliphatic rings. The maximum atomic E-state index is 11.5. The minimum Gasteiger partial charge on any atom is -0.459 e. The predicted octanol–water partition coefficient (Wildman–Crippen LogP) is 1.27. The van der Waals surface area contributed by atoms with Crippen LogP contribution in [0.1, 0.15) is 17.5 Å². The molecule has 0 saturated carbocycles. The quantitative estimate of drug-likeness (QED) is 0.833. The molecule has 2 N–H and O–H groups in total. The van der Waals surface area contributed by atoms with Crippen molar-refractivity contribution in [3.63, 3.8) is 0 Å². The number of halogens is 1. The molecule has 0 fully saturated rings. The molecule has 0 radical (unpaired) electrons. The van der Waals surface area contributed by atoms with E-state index in [4.69, 9.17) is 16.0 Å². The number of furan rings is 1. The van der Waals surface area contributed by atoms with Gasteiger partial charge in [-0.15, -0.1) is 0 Å². The van der Waals surface area contributed by atoms with Gasteiger partial charge in [-0.2, -0.15) is 0 Å². The molecule has 92 valence electrons. The first kappa shape index (κ1) is 13.3. The summed E-state index contributed by atoms with van der Waals surface area (Å²) in [6, 6.07) is 2.43. The monoisotopic (exact) mass is 256 g/mol. The van der Waals surface area contributed by atoms with Gasteiger partial charge >= 0.3 is 0 Å². The van der Waals surface area contributed by atoms with Crippen LogP contribution < -0.4 is 10.6 Å². The first-order valence-corrected chi connectivity index (χ1v) is 5.34. The number of rotatable bonds is 5. The van der Waals surface area contributed by atoms with Crippen LogP contribution in [0.25, 0.3) is 0 Å². The van der Waals surface area contributed by atoms with Crippen LogP contribution in [-0.4, -0.2) is 24.4 Å². The Kier molecular flexibility index (Phi) is 4.78. The van der Waals surface area contributed by atoms with Gasteiger partial charge in [0.25, 0.3) is 5.91 Å². The molecule has 0 bridgehead atoms. The number of amides is 2. The molecule has 1 aromatic heterocycles. The molecule has 17 heavy (non-hydrogen) atoms. The summed E-state index contributed by atoms with van der Waals surface area (Å²) in [5.41, 5.74) is 0. The van der Waals surface area contributed by atoms with E-state index in [-0.39, 0.29) is 18.2 Å². The zero-order chi connectivity index (χ0) is 12.8. The second-order valence-electron chi connectivity index (χ2n) is 3.41. The number of carbonyl (C=O) groups is 2. The number of hydrogen-bond donors (Lipinski definition) is 2. The molecule has 0 spiro atoms. The number of hydrogen-bond acceptors (Lipinski definition) is 3. The van der Waals surface area contributed by atoms with Crippen LogP contribution in [0.15, 0.2) is 34.4 Å². The highest BCUT2D eigenvalue weighted by atomic mass is 35.5. The van der Waals surface area contributed by atoms with Gasteiger partial charge in [0.05, 0.1) is 12.8 Å². The lowest BCUT2D eigenvalue weighted by Crippen LogP contribution is -2.45. The van der Waals surface area contributed by atoms with Gasteiger partial charge in [-0.1, -0.05) is 18.2 Å². The number of nitrogens with one attached hydrogen (secondary N) is 2. The van der Waals surface area contributed by atoms with E-state index in [0.717, 1.165) is 0 Å². The Morgan fingerprint density at radius 2 is 2.29 bits per heavy atom. The van der Waals surface area contributed by atoms with Gasteiger partial charge in [0, 0.05) is 5.03 Å². The van der Waals surface area contributed by atoms with E-state index in [1.54, 1.807) is 13.0 Å². The lowest BCUT2D eigenvalue weighted by Gasteiger charge is -2.12. The molecule has 0 saturated heterocycles. The van der Waals surface area contributed by atoms with Gasteiger partial charge in [-0.05, 0) is 19.1 Å². The zero-order valence-electron chi connectivity index (χ0n) is 9.33. The van der Waals surface area contributed by atoms with Crippen molar-refractivity contribution >= 4 is 23.4 Å². The number of carbonyl (C=O) groups excluding carboxylic acids is 2. The summed E-state index contributed by atoms with van der Waals surface area (Å²) in [7, 11) is 0. The zero-order valence-corrected chi connectivity index (χ0v) is 10.1. The van der Waals surface area contributed by atoms with Crippen LogP contribution in [0, 0.1) is 0 Å². The average Bonchev–Trinajstić information content (AvgIpc) is 2.78. The van der Waals surface area contributed by atoms with Crippen LogP contribution in [-0.2, 0) is 4.79 Å². The second kappa shape index (κ2) is 6.10. The fraction of sp³-hybridized carbons (Fsp3) is 0.273. The highest BCUT2D eigenvalue weighted by molar-refractivity contribution is 6.29. The van der Waals surface area contributed by atoms with E-state index >= 15 is 0 Å². The van der Waals surface area contributed by atoms with Gasteiger partial charge in [0.15, 0.2) is 5.76 Å². The molecule has 1 rings (SSSR count). The average molecular weight is 257 g/mol. The lowest BCUT2D eigenvalue weighted by atomic mass is 10.3. The van der Waals surface area contributed by atoms with Crippen molar-refractivity contribution in [3.05, 3.63) is 35.8 Å². The van der Waals surface area contributed by atoms with Crippen LogP contribution in [0.3, 0.4) is 0 Å². The van der Waals surface area contributed by atoms with Crippen LogP contribution in [0.2, 0.25) is 0 Å². The molecule has 6 heteroatoms. The summed E-state index contributed by atoms with van der Waals surface area (Å²) < 4.78 is 4.90. The van der Waals surface area contributed by atoms with E-state index < -0.39 is 11.9 Å². The highest BCUT2D eigenvalue weighted by Crippen LogP contribution is 2.00. The molecular formula is C11H13ClN2O3. The van der Waals surface area contributed by atoms with Crippen molar-refractivity contribution in [2.75, 3.05) is 6.54 Å². The third-order valence-corrected chi connectivity index (χ3v) is 2.07. The third kappa shape index (κ3) is 4.32. The van der Waals surface area contributed by atoms with E-state index in [2.05, 4.69) is 17.2 Å². The molecule has 1 atom stereocenters. The van der Waals surface area contributed by atoms with Crippen molar-refractivity contribution < 1.29 is 14.0 Å². The Morgan fingerprint density at radius 3 is 2.82 bits per heavy atom. The van der Waals surface area contributed by atoms with Crippen molar-refractivity contribution in [2.45, 2.75) is 13.0 Å². The Hall–Kier alpha value is -1.75. The largest absolute Gasteiger partial charge is 0.459 e. The minimum absolute atomic E-state index is 0.159. The summed E-state index contributed by atoms with van der Waals surface area (Å²) in [5, 5.41) is 5.33. The molecule has 0 aliphatic heterocycles. The molecule has 1 heterocycles. The first-order valence-electron chi connectivity index (χ1n) is 4.96. The SMILES string of the molecule is C=C(Cl)CNC(=O)C(C)NC(=O)c1ccco1. The fourth-order valence-corrected chi connectivity index (χ4v) is 1.14. The summed E-state index contributed by atoms with van der Waals surface area (Å²) >= 11 is 5.50. The lowest BCUT2D eigenvalue weighted by molar-refractivity contribution is -0.122. The maximum Gasteiger partial charge on any atom is 0.287 e. The Morgan fingerprint density at radius 1 is 1.59 bits per heavy atom. The first-order chi connectivity index (χ1) is 8.00. The highest BCUT2D eigenvalue weighted by Gasteiger charge is 2.17. The molecular weight excluding hydrogens is 244 g/mol. The third-order valence-electron chi connectivity index (χ3n) is 1.94.